The van der Waals surface area contributed by atoms with Crippen LogP contribution in [0, 0.1) is 11.7 Å². The summed E-state index contributed by atoms with van der Waals surface area (Å²) in [7, 11) is 0. The average molecular weight is 246 g/mol. The molecule has 15 heavy (non-hydrogen) atoms. The van der Waals surface area contributed by atoms with Crippen LogP contribution < -0.4 is 5.73 Å². The van der Waals surface area contributed by atoms with Gasteiger partial charge in [0.1, 0.15) is 5.82 Å². The molecule has 4 heteroatoms. The molecule has 0 amide bonds. The van der Waals surface area contributed by atoms with Crippen LogP contribution in [0.1, 0.15) is 5.56 Å². The van der Waals surface area contributed by atoms with Gasteiger partial charge in [0.15, 0.2) is 0 Å². The summed E-state index contributed by atoms with van der Waals surface area (Å²) in [6.07, 6.45) is 0.719. The topological polar surface area (TPSA) is 26.0 Å². The molecule has 1 heterocycles. The van der Waals surface area contributed by atoms with Crippen LogP contribution in [0.15, 0.2) is 18.2 Å². The summed E-state index contributed by atoms with van der Waals surface area (Å²) in [5, 5.41) is 0.446. The van der Waals surface area contributed by atoms with Crippen LogP contribution >= 0.6 is 23.4 Å². The molecule has 0 spiro atoms. The van der Waals surface area contributed by atoms with E-state index in [-0.39, 0.29) is 11.9 Å². The highest BCUT2D eigenvalue weighted by atomic mass is 35.5. The molecule has 2 atom stereocenters. The lowest BCUT2D eigenvalue weighted by Gasteiger charge is -2.14. The molecule has 1 aromatic rings. The predicted molar refractivity (Wildman–Crippen MR) is 63.9 cm³/mol. The summed E-state index contributed by atoms with van der Waals surface area (Å²) in [5.41, 5.74) is 6.66. The van der Waals surface area contributed by atoms with Gasteiger partial charge in [0.2, 0.25) is 0 Å². The second-order valence-electron chi connectivity index (χ2n) is 3.90. The van der Waals surface area contributed by atoms with Crippen molar-refractivity contribution in [2.75, 3.05) is 11.5 Å². The summed E-state index contributed by atoms with van der Waals surface area (Å²) < 4.78 is 13.5. The van der Waals surface area contributed by atoms with Crippen molar-refractivity contribution in [1.29, 1.82) is 0 Å². The average Bonchev–Trinajstić information content (AvgIpc) is 2.57. The van der Waals surface area contributed by atoms with Gasteiger partial charge in [-0.2, -0.15) is 11.8 Å². The van der Waals surface area contributed by atoms with Crippen molar-refractivity contribution in [3.63, 3.8) is 0 Å². The Hall–Kier alpha value is -0.250. The zero-order valence-corrected chi connectivity index (χ0v) is 9.82. The fraction of sp³-hybridized carbons (Fsp3) is 0.455. The van der Waals surface area contributed by atoms with E-state index < -0.39 is 0 Å². The van der Waals surface area contributed by atoms with Crippen molar-refractivity contribution in [3.05, 3.63) is 34.6 Å². The number of halogens is 2. The molecule has 2 unspecified atom stereocenters. The lowest BCUT2D eigenvalue weighted by atomic mass is 9.95. The van der Waals surface area contributed by atoms with Crippen molar-refractivity contribution >= 4 is 23.4 Å². The van der Waals surface area contributed by atoms with E-state index in [0.29, 0.717) is 10.9 Å². The fourth-order valence-electron chi connectivity index (χ4n) is 1.80. The minimum absolute atomic E-state index is 0.199. The highest BCUT2D eigenvalue weighted by Crippen LogP contribution is 2.27. The van der Waals surface area contributed by atoms with Gasteiger partial charge in [-0.05, 0) is 35.8 Å². The number of thioether (sulfide) groups is 1. The quantitative estimate of drug-likeness (QED) is 0.867. The first kappa shape index (κ1) is 11.2. The molecule has 2 rings (SSSR count). The van der Waals surface area contributed by atoms with Crippen LogP contribution in [-0.2, 0) is 6.42 Å². The van der Waals surface area contributed by atoms with E-state index in [1.54, 1.807) is 12.1 Å². The van der Waals surface area contributed by atoms with Crippen molar-refractivity contribution in [2.45, 2.75) is 12.5 Å². The second-order valence-corrected chi connectivity index (χ2v) is 5.41. The molecule has 0 saturated carbocycles. The first-order valence-electron chi connectivity index (χ1n) is 4.94. The van der Waals surface area contributed by atoms with Crippen molar-refractivity contribution < 1.29 is 4.39 Å². The monoisotopic (exact) mass is 245 g/mol. The third-order valence-electron chi connectivity index (χ3n) is 2.74. The van der Waals surface area contributed by atoms with Crippen LogP contribution in [0.2, 0.25) is 5.02 Å². The maximum atomic E-state index is 13.5. The summed E-state index contributed by atoms with van der Waals surface area (Å²) in [5.74, 6) is 2.20. The van der Waals surface area contributed by atoms with Gasteiger partial charge in [-0.3, -0.25) is 0 Å². The maximum absolute atomic E-state index is 13.5. The van der Waals surface area contributed by atoms with Crippen molar-refractivity contribution in [2.24, 2.45) is 11.7 Å². The third kappa shape index (κ3) is 2.65. The normalized spacial score (nSPS) is 25.8. The van der Waals surface area contributed by atoms with Crippen LogP contribution in [0.5, 0.6) is 0 Å². The van der Waals surface area contributed by atoms with Crippen LogP contribution in [0.3, 0.4) is 0 Å². The number of rotatable bonds is 2. The largest absolute Gasteiger partial charge is 0.327 e. The van der Waals surface area contributed by atoms with Gasteiger partial charge >= 0.3 is 0 Å². The molecule has 0 aliphatic carbocycles. The van der Waals surface area contributed by atoms with Crippen LogP contribution in [0.4, 0.5) is 4.39 Å². The lowest BCUT2D eigenvalue weighted by molar-refractivity contribution is 0.498. The van der Waals surface area contributed by atoms with Gasteiger partial charge in [0.25, 0.3) is 0 Å². The molecule has 0 bridgehead atoms. The molecule has 0 aromatic heterocycles. The maximum Gasteiger partial charge on any atom is 0.127 e. The van der Waals surface area contributed by atoms with Crippen molar-refractivity contribution in [3.8, 4) is 0 Å². The summed E-state index contributed by atoms with van der Waals surface area (Å²) in [6, 6.07) is 5.05. The summed E-state index contributed by atoms with van der Waals surface area (Å²) in [6.45, 7) is 0. The Morgan fingerprint density at radius 2 is 2.27 bits per heavy atom. The Labute approximate surface area is 98.2 Å². The molecule has 1 saturated heterocycles. The number of nitrogens with two attached hydrogens (primary N) is 1. The smallest absolute Gasteiger partial charge is 0.127 e. The number of hydrogen-bond acceptors (Lipinski definition) is 2. The van der Waals surface area contributed by atoms with Crippen LogP contribution in [0.25, 0.3) is 0 Å². The predicted octanol–water partition coefficient (Wildman–Crippen LogP) is 2.71. The molecule has 1 fully saturated rings. The highest BCUT2D eigenvalue weighted by molar-refractivity contribution is 7.99. The zero-order valence-electron chi connectivity index (χ0n) is 8.25. The molecule has 82 valence electrons. The third-order valence-corrected chi connectivity index (χ3v) is 4.26. The zero-order chi connectivity index (χ0) is 10.8. The highest BCUT2D eigenvalue weighted by Gasteiger charge is 2.25. The van der Waals surface area contributed by atoms with E-state index in [2.05, 4.69) is 0 Å². The van der Waals surface area contributed by atoms with Crippen molar-refractivity contribution in [1.82, 2.24) is 0 Å². The van der Waals surface area contributed by atoms with Gasteiger partial charge in [-0.1, -0.05) is 17.7 Å². The Balaban J connectivity index is 2.10. The van der Waals surface area contributed by atoms with E-state index >= 15 is 0 Å². The number of benzene rings is 1. The molecule has 1 aliphatic rings. The molecular weight excluding hydrogens is 233 g/mol. The van der Waals surface area contributed by atoms with Gasteiger partial charge < -0.3 is 5.73 Å². The summed E-state index contributed by atoms with van der Waals surface area (Å²) in [4.78, 5) is 0. The van der Waals surface area contributed by atoms with Gasteiger partial charge in [0, 0.05) is 16.8 Å². The Kier molecular flexibility index (Phi) is 3.54. The Morgan fingerprint density at radius 1 is 1.47 bits per heavy atom. The van der Waals surface area contributed by atoms with Gasteiger partial charge in [-0.15, -0.1) is 0 Å². The molecule has 1 nitrogen and oxygen atoms in total. The minimum atomic E-state index is -0.216. The molecule has 1 aliphatic heterocycles. The number of hydrogen-bond donors (Lipinski definition) is 1. The SMILES string of the molecule is NC1CSCC1Cc1ccc(Cl)cc1F. The van der Waals surface area contributed by atoms with E-state index in [4.69, 9.17) is 17.3 Å². The molecular formula is C11H13ClFNS. The minimum Gasteiger partial charge on any atom is -0.327 e. The molecule has 0 radical (unpaired) electrons. The first-order valence-corrected chi connectivity index (χ1v) is 6.47. The Bertz CT molecular complexity index is 358. The van der Waals surface area contributed by atoms with Crippen LogP contribution in [-0.4, -0.2) is 17.5 Å². The first-order chi connectivity index (χ1) is 7.16. The van der Waals surface area contributed by atoms with E-state index in [1.165, 1.54) is 6.07 Å². The van der Waals surface area contributed by atoms with Gasteiger partial charge in [-0.25, -0.2) is 4.39 Å². The molecule has 2 N–H and O–H groups in total. The van der Waals surface area contributed by atoms with E-state index in [1.807, 2.05) is 11.8 Å². The fourth-order valence-corrected chi connectivity index (χ4v) is 3.30. The molecule has 1 aromatic carbocycles. The van der Waals surface area contributed by atoms with E-state index in [9.17, 15) is 4.39 Å². The lowest BCUT2D eigenvalue weighted by Crippen LogP contribution is -2.29. The second kappa shape index (κ2) is 4.73. The van der Waals surface area contributed by atoms with Gasteiger partial charge in [0.05, 0.1) is 0 Å². The standard InChI is InChI=1S/C11H13ClFNS/c12-9-2-1-7(10(13)4-9)3-8-5-15-6-11(8)14/h1-2,4,8,11H,3,5-6,14H2. The van der Waals surface area contributed by atoms with E-state index in [0.717, 1.165) is 23.5 Å². The Morgan fingerprint density at radius 3 is 2.87 bits per heavy atom. The summed E-state index contributed by atoms with van der Waals surface area (Å²) >= 11 is 7.54.